The third-order valence-corrected chi connectivity index (χ3v) is 13.8. The minimum absolute atomic E-state index is 0.00938. The smallest absolute Gasteiger partial charge is 0.314 e. The van der Waals surface area contributed by atoms with Crippen LogP contribution in [0.25, 0.3) is 0 Å². The maximum atomic E-state index is 12.1. The van der Waals surface area contributed by atoms with Gasteiger partial charge in [0.25, 0.3) is 0 Å². The number of nitrogens with two attached hydrogens (primary N) is 1. The van der Waals surface area contributed by atoms with Gasteiger partial charge in [-0.25, -0.2) is 4.79 Å². The Hall–Kier alpha value is -1.81. The third kappa shape index (κ3) is 14.7. The van der Waals surface area contributed by atoms with E-state index in [1.54, 1.807) is 13.8 Å². The Kier molecular flexibility index (Phi) is 24.6. The highest BCUT2D eigenvalue weighted by Gasteiger charge is 2.58. The predicted molar refractivity (Wildman–Crippen MR) is 243 cm³/mol. The summed E-state index contributed by atoms with van der Waals surface area (Å²) in [7, 11) is 0. The summed E-state index contributed by atoms with van der Waals surface area (Å²) in [5.41, 5.74) is 4.03. The van der Waals surface area contributed by atoms with Gasteiger partial charge in [-0.3, -0.25) is 0 Å². The Morgan fingerprint density at radius 2 is 0.878 bits per heavy atom. The molecule has 0 bridgehead atoms. The largest absolute Gasteiger partial charge is 0.394 e. The maximum Gasteiger partial charge on any atom is 0.314 e. The van der Waals surface area contributed by atoms with Gasteiger partial charge in [-0.1, -0.05) is 13.8 Å². The molecule has 30 heteroatoms. The van der Waals surface area contributed by atoms with Gasteiger partial charge in [0.15, 0.2) is 25.2 Å². The van der Waals surface area contributed by atoms with Crippen molar-refractivity contribution in [1.82, 2.24) is 10.6 Å². The van der Waals surface area contributed by atoms with Gasteiger partial charge in [-0.15, -0.1) is 0 Å². The van der Waals surface area contributed by atoms with Gasteiger partial charge in [0, 0.05) is 13.1 Å². The van der Waals surface area contributed by atoms with Gasteiger partial charge >= 0.3 is 6.03 Å². The molecule has 74 heavy (non-hydrogen) atoms. The Bertz CT molecular complexity index is 1650. The minimum atomic E-state index is -2.18. The molecule has 0 aromatic carbocycles. The predicted octanol–water partition coefficient (Wildman–Crippen LogP) is -9.22. The Labute approximate surface area is 426 Å². The zero-order chi connectivity index (χ0) is 54.8. The van der Waals surface area contributed by atoms with Crippen LogP contribution in [-0.4, -0.2) is 307 Å². The summed E-state index contributed by atoms with van der Waals surface area (Å²) in [5, 5.41) is 170. The lowest BCUT2D eigenvalue weighted by Crippen LogP contribution is -2.69. The molecule has 5 heterocycles. The molecule has 0 aliphatic carbocycles. The fourth-order valence-corrected chi connectivity index (χ4v) is 9.33. The van der Waals surface area contributed by atoms with Crippen LogP contribution in [0.2, 0.25) is 0 Å². The normalized spacial score (nSPS) is 43.3. The van der Waals surface area contributed by atoms with E-state index in [-0.39, 0.29) is 13.2 Å². The average molecular weight is 1080 g/mol. The van der Waals surface area contributed by atoms with E-state index in [0.29, 0.717) is 32.4 Å². The van der Waals surface area contributed by atoms with Crippen molar-refractivity contribution in [2.75, 3.05) is 59.3 Å². The van der Waals surface area contributed by atoms with Gasteiger partial charge < -0.3 is 145 Å². The molecule has 5 aliphatic heterocycles. The number of nitrogens with one attached hydrogen (secondary N) is 2. The summed E-state index contributed by atoms with van der Waals surface area (Å²) in [4.78, 5) is 12.1. The van der Waals surface area contributed by atoms with Crippen molar-refractivity contribution in [2.45, 2.75) is 212 Å². The quantitative estimate of drug-likeness (QED) is 0.0378. The maximum absolute atomic E-state index is 12.1. The van der Waals surface area contributed by atoms with E-state index >= 15 is 0 Å². The number of aliphatic hydroxyl groups excluding tert-OH is 15. The first-order valence-electron chi connectivity index (χ1n) is 24.9. The van der Waals surface area contributed by atoms with Crippen LogP contribution < -0.4 is 16.4 Å². The van der Waals surface area contributed by atoms with Gasteiger partial charge in [0.05, 0.1) is 51.3 Å². The molecule has 2 amide bonds. The van der Waals surface area contributed by atoms with Gasteiger partial charge in [0.1, 0.15) is 128 Å². The molecule has 19 N–H and O–H groups in total. The van der Waals surface area contributed by atoms with Crippen molar-refractivity contribution in [3.05, 3.63) is 0 Å². The molecule has 15 unspecified atom stereocenters. The van der Waals surface area contributed by atoms with Crippen LogP contribution in [0.1, 0.15) is 47.0 Å². The number of amides is 2. The van der Waals surface area contributed by atoms with Crippen molar-refractivity contribution in [3.8, 4) is 0 Å². The summed E-state index contributed by atoms with van der Waals surface area (Å²) in [6.07, 6.45) is -45.0. The lowest BCUT2D eigenvalue weighted by molar-refractivity contribution is -0.407. The van der Waals surface area contributed by atoms with Crippen molar-refractivity contribution in [3.63, 3.8) is 0 Å². The first-order valence-corrected chi connectivity index (χ1v) is 24.9. The van der Waals surface area contributed by atoms with E-state index in [4.69, 9.17) is 57.8 Å². The first kappa shape index (κ1) is 63.0. The molecule has 5 rings (SSSR count). The Morgan fingerprint density at radius 1 is 0.500 bits per heavy atom. The number of urea groups is 1. The van der Waals surface area contributed by atoms with Crippen LogP contribution in [-0.2, 0) is 52.1 Å². The SMILES string of the molecule is CCC(CC)OC1C(O)[C@H](O)C(CO)O[C@@H]1OC1C(O)[C@H](O)C(CO)O[C@@H]1OC1C(O)[C@H](O)C(CO)O[C@@H]1OC1C(O)[C@@H](OC2C(O)[C@@H](C(C)(C)OCCNC(=O)NCCCN)OC(CO)[C@H]2O)OC(CO)[C@H]1O. The van der Waals surface area contributed by atoms with E-state index < -0.39 is 204 Å². The van der Waals surface area contributed by atoms with Crippen molar-refractivity contribution in [2.24, 2.45) is 5.73 Å². The number of carbonyl (C=O) groups is 1. The summed E-state index contributed by atoms with van der Waals surface area (Å²) in [6.45, 7) is 2.67. The number of rotatable bonds is 25. The Morgan fingerprint density at radius 3 is 1.34 bits per heavy atom. The van der Waals surface area contributed by atoms with Crippen LogP contribution >= 0.6 is 0 Å². The second kappa shape index (κ2) is 28.9. The molecule has 5 saturated heterocycles. The standard InChI is InChI=1S/C44H81N3O27/c1-5-17(6-2)65-35-28(58)23(53)18(12-48)68-40(35)73-37-30(60)25(55)20(14-50)70-42(37)74-36-29(59)24(54)19(13-49)69-41(36)72-34-27(57)22(16-52)67-39(32(34)62)71-33-26(56)21(15-51)66-38(31(33)61)44(3,4)64-11-10-47-43(63)46-9-7-8-45/h17-42,48-62H,5-16,45H2,1-4H3,(H2,46,47,63)/t18?,19?,20?,21?,22?,23-,24-,25-,26-,27-,28?,29?,30?,31?,32?,33?,34?,35?,36?,37?,38+,39-,40-,41-,42-/m1/s1. The highest BCUT2D eigenvalue weighted by molar-refractivity contribution is 5.73. The van der Waals surface area contributed by atoms with Crippen LogP contribution in [0.3, 0.4) is 0 Å². The summed E-state index contributed by atoms with van der Waals surface area (Å²) < 4.78 is 65.2. The number of carbonyl (C=O) groups excluding carboxylic acids is 1. The van der Waals surface area contributed by atoms with Crippen molar-refractivity contribution < 1.29 is 133 Å². The number of aliphatic hydroxyl groups is 15. The lowest BCUT2D eigenvalue weighted by atomic mass is 9.86. The molecular weight excluding hydrogens is 1000 g/mol. The molecule has 0 aromatic heterocycles. The molecule has 0 radical (unpaired) electrons. The van der Waals surface area contributed by atoms with E-state index in [2.05, 4.69) is 10.6 Å². The molecule has 5 fully saturated rings. The fraction of sp³-hybridized carbons (Fsp3) is 0.977. The second-order valence-electron chi connectivity index (χ2n) is 19.3. The molecule has 0 saturated carbocycles. The average Bonchev–Trinajstić information content (AvgIpc) is 3.38. The molecule has 434 valence electrons. The summed E-state index contributed by atoms with van der Waals surface area (Å²) in [5.74, 6) is 0. The topological polar surface area (TPSA) is 472 Å². The van der Waals surface area contributed by atoms with Gasteiger partial charge in [-0.05, 0) is 39.7 Å². The first-order chi connectivity index (χ1) is 35.2. The molecule has 0 spiro atoms. The third-order valence-electron chi connectivity index (χ3n) is 13.8. The monoisotopic (exact) mass is 1080 g/mol. The number of hydrogen-bond donors (Lipinski definition) is 18. The van der Waals surface area contributed by atoms with E-state index in [1.165, 1.54) is 13.8 Å². The van der Waals surface area contributed by atoms with Crippen molar-refractivity contribution in [1.29, 1.82) is 0 Å². The Balaban J connectivity index is 1.40. The number of hydrogen-bond acceptors (Lipinski definition) is 28. The lowest BCUT2D eigenvalue weighted by Gasteiger charge is -2.51. The zero-order valence-electron chi connectivity index (χ0n) is 41.7. The molecular formula is C44H81N3O27. The van der Waals surface area contributed by atoms with E-state index in [0.717, 1.165) is 0 Å². The zero-order valence-corrected chi connectivity index (χ0v) is 41.7. The molecule has 25 atom stereocenters. The van der Waals surface area contributed by atoms with Crippen molar-refractivity contribution >= 4 is 6.03 Å². The van der Waals surface area contributed by atoms with Crippen LogP contribution in [0, 0.1) is 0 Å². The highest BCUT2D eigenvalue weighted by atomic mass is 16.8. The second-order valence-corrected chi connectivity index (χ2v) is 19.3. The van der Waals surface area contributed by atoms with Crippen LogP contribution in [0.4, 0.5) is 4.79 Å². The molecule has 30 nitrogen and oxygen atoms in total. The fourth-order valence-electron chi connectivity index (χ4n) is 9.33. The van der Waals surface area contributed by atoms with E-state index in [1.807, 2.05) is 0 Å². The molecule has 0 aromatic rings. The minimum Gasteiger partial charge on any atom is -0.394 e. The highest BCUT2D eigenvalue weighted by Crippen LogP contribution is 2.38. The summed E-state index contributed by atoms with van der Waals surface area (Å²) in [6, 6.07) is -0.482. The summed E-state index contributed by atoms with van der Waals surface area (Å²) >= 11 is 0. The molecule has 5 aliphatic rings. The van der Waals surface area contributed by atoms with Gasteiger partial charge in [-0.2, -0.15) is 0 Å². The van der Waals surface area contributed by atoms with Crippen LogP contribution in [0.5, 0.6) is 0 Å². The number of ether oxygens (including phenoxy) is 11. The van der Waals surface area contributed by atoms with Gasteiger partial charge in [0.2, 0.25) is 0 Å². The van der Waals surface area contributed by atoms with E-state index in [9.17, 15) is 81.4 Å². The van der Waals surface area contributed by atoms with Crippen LogP contribution in [0.15, 0.2) is 0 Å².